The third kappa shape index (κ3) is 5.04. The van der Waals surface area contributed by atoms with Gasteiger partial charge in [-0.15, -0.1) is 0 Å². The lowest BCUT2D eigenvalue weighted by atomic mass is 9.96. The highest BCUT2D eigenvalue weighted by Crippen LogP contribution is 2.43. The van der Waals surface area contributed by atoms with E-state index >= 15 is 0 Å². The fourth-order valence-corrected chi connectivity index (χ4v) is 7.80. The minimum Gasteiger partial charge on any atom is -0.455 e. The van der Waals surface area contributed by atoms with Crippen molar-refractivity contribution in [2.75, 3.05) is 4.90 Å². The molecule has 0 saturated heterocycles. The van der Waals surface area contributed by atoms with Crippen LogP contribution in [0.5, 0.6) is 0 Å². The molecule has 2 heteroatoms. The zero-order chi connectivity index (χ0) is 34.4. The van der Waals surface area contributed by atoms with Gasteiger partial charge in [0.1, 0.15) is 11.2 Å². The Morgan fingerprint density at radius 1 is 0.308 bits per heavy atom. The van der Waals surface area contributed by atoms with Crippen molar-refractivity contribution in [1.82, 2.24) is 0 Å². The molecule has 10 aromatic rings. The molecule has 0 unspecified atom stereocenters. The predicted octanol–water partition coefficient (Wildman–Crippen LogP) is 14.4. The van der Waals surface area contributed by atoms with Crippen molar-refractivity contribution in [3.8, 4) is 33.4 Å². The van der Waals surface area contributed by atoms with E-state index in [0.717, 1.165) is 66.8 Å². The Morgan fingerprint density at radius 3 is 1.62 bits per heavy atom. The van der Waals surface area contributed by atoms with Crippen molar-refractivity contribution in [3.63, 3.8) is 0 Å². The molecule has 0 aliphatic carbocycles. The summed E-state index contributed by atoms with van der Waals surface area (Å²) in [5, 5.41) is 7.14. The standard InChI is InChI=1S/C50H33NO/c1-2-19-39(20-3-1)51(48-28-10-16-36-14-5-7-22-42(36)48)40-31-29-34(30-32-40)37-17-8-18-38(33-37)43-23-11-26-46-47-27-12-25-45(50(47)52-49(43)46)44-24-9-15-35-13-4-6-21-41(35)44/h1-33H. The van der Waals surface area contributed by atoms with E-state index in [2.05, 4.69) is 205 Å². The lowest BCUT2D eigenvalue weighted by molar-refractivity contribution is 0.671. The summed E-state index contributed by atoms with van der Waals surface area (Å²) in [5.41, 5.74) is 12.0. The summed E-state index contributed by atoms with van der Waals surface area (Å²) >= 11 is 0. The number of hydrogen-bond donors (Lipinski definition) is 0. The highest BCUT2D eigenvalue weighted by Gasteiger charge is 2.18. The van der Waals surface area contributed by atoms with Crippen LogP contribution in [0.2, 0.25) is 0 Å². The van der Waals surface area contributed by atoms with E-state index < -0.39 is 0 Å². The van der Waals surface area contributed by atoms with Gasteiger partial charge in [0.2, 0.25) is 0 Å². The van der Waals surface area contributed by atoms with E-state index in [1.165, 1.54) is 27.1 Å². The van der Waals surface area contributed by atoms with Crippen molar-refractivity contribution in [1.29, 1.82) is 0 Å². The van der Waals surface area contributed by atoms with Gasteiger partial charge in [0.05, 0.1) is 5.69 Å². The summed E-state index contributed by atoms with van der Waals surface area (Å²) in [6.45, 7) is 0. The van der Waals surface area contributed by atoms with Crippen LogP contribution in [0, 0.1) is 0 Å². The second kappa shape index (κ2) is 12.5. The van der Waals surface area contributed by atoms with E-state index in [-0.39, 0.29) is 0 Å². The molecule has 0 amide bonds. The highest BCUT2D eigenvalue weighted by molar-refractivity contribution is 6.15. The second-order valence-electron chi connectivity index (χ2n) is 13.3. The van der Waals surface area contributed by atoms with Crippen molar-refractivity contribution in [3.05, 3.63) is 200 Å². The van der Waals surface area contributed by atoms with Crippen LogP contribution in [0.1, 0.15) is 0 Å². The third-order valence-corrected chi connectivity index (χ3v) is 10.3. The summed E-state index contributed by atoms with van der Waals surface area (Å²) < 4.78 is 6.87. The van der Waals surface area contributed by atoms with Crippen molar-refractivity contribution < 1.29 is 4.42 Å². The van der Waals surface area contributed by atoms with Crippen LogP contribution in [0.3, 0.4) is 0 Å². The molecule has 1 aromatic heterocycles. The van der Waals surface area contributed by atoms with Crippen LogP contribution in [-0.2, 0) is 0 Å². The topological polar surface area (TPSA) is 16.4 Å². The molecule has 0 saturated carbocycles. The summed E-state index contributed by atoms with van der Waals surface area (Å²) in [6, 6.07) is 71.5. The summed E-state index contributed by atoms with van der Waals surface area (Å²) in [7, 11) is 0. The van der Waals surface area contributed by atoms with E-state index in [0.29, 0.717) is 0 Å². The number of rotatable bonds is 6. The van der Waals surface area contributed by atoms with Gasteiger partial charge < -0.3 is 9.32 Å². The van der Waals surface area contributed by atoms with Crippen LogP contribution in [0.25, 0.3) is 76.9 Å². The van der Waals surface area contributed by atoms with Gasteiger partial charge in [-0.25, -0.2) is 0 Å². The number of anilines is 3. The van der Waals surface area contributed by atoms with Gasteiger partial charge in [-0.05, 0) is 74.8 Å². The average molecular weight is 664 g/mol. The maximum absolute atomic E-state index is 6.87. The Kier molecular flexibility index (Phi) is 7.18. The molecule has 52 heavy (non-hydrogen) atoms. The zero-order valence-corrected chi connectivity index (χ0v) is 28.4. The SMILES string of the molecule is c1ccc(N(c2ccc(-c3cccc(-c4cccc5c4oc4c(-c6cccc7ccccc67)cccc45)c3)cc2)c2cccc3ccccc23)cc1. The van der Waals surface area contributed by atoms with Crippen LogP contribution in [-0.4, -0.2) is 0 Å². The van der Waals surface area contributed by atoms with Crippen LogP contribution >= 0.6 is 0 Å². The molecule has 244 valence electrons. The molecular formula is C50H33NO. The molecule has 9 aromatic carbocycles. The number of furan rings is 1. The molecule has 0 aliphatic rings. The van der Waals surface area contributed by atoms with E-state index in [1.807, 2.05) is 0 Å². The van der Waals surface area contributed by atoms with Gasteiger partial charge in [0, 0.05) is 38.7 Å². The van der Waals surface area contributed by atoms with Gasteiger partial charge in [-0.1, -0.05) is 164 Å². The van der Waals surface area contributed by atoms with Gasteiger partial charge in [0.25, 0.3) is 0 Å². The largest absolute Gasteiger partial charge is 0.455 e. The van der Waals surface area contributed by atoms with E-state index in [4.69, 9.17) is 4.42 Å². The number of hydrogen-bond acceptors (Lipinski definition) is 2. The Morgan fingerprint density at radius 2 is 0.827 bits per heavy atom. The maximum atomic E-state index is 6.87. The van der Waals surface area contributed by atoms with Crippen LogP contribution in [0.15, 0.2) is 205 Å². The summed E-state index contributed by atoms with van der Waals surface area (Å²) in [4.78, 5) is 2.34. The predicted molar refractivity (Wildman–Crippen MR) is 220 cm³/mol. The first-order valence-corrected chi connectivity index (χ1v) is 17.8. The van der Waals surface area contributed by atoms with Crippen LogP contribution < -0.4 is 4.90 Å². The first-order valence-electron chi connectivity index (χ1n) is 17.8. The molecular weight excluding hydrogens is 631 g/mol. The first-order chi connectivity index (χ1) is 25.8. The molecule has 10 rings (SSSR count). The fraction of sp³-hybridized carbons (Fsp3) is 0. The van der Waals surface area contributed by atoms with Crippen LogP contribution in [0.4, 0.5) is 17.1 Å². The second-order valence-corrected chi connectivity index (χ2v) is 13.3. The molecule has 0 fully saturated rings. The zero-order valence-electron chi connectivity index (χ0n) is 28.4. The Labute approximate surface area is 302 Å². The molecule has 0 N–H and O–H groups in total. The number of benzene rings is 9. The van der Waals surface area contributed by atoms with Gasteiger partial charge in [-0.3, -0.25) is 0 Å². The minimum absolute atomic E-state index is 0.909. The van der Waals surface area contributed by atoms with E-state index in [1.54, 1.807) is 0 Å². The molecule has 0 spiro atoms. The van der Waals surface area contributed by atoms with Gasteiger partial charge in [0.15, 0.2) is 0 Å². The minimum atomic E-state index is 0.909. The molecule has 0 aliphatic heterocycles. The fourth-order valence-electron chi connectivity index (χ4n) is 7.80. The van der Waals surface area contributed by atoms with Crippen molar-refractivity contribution >= 4 is 60.5 Å². The lowest BCUT2D eigenvalue weighted by Crippen LogP contribution is -2.10. The number of para-hydroxylation sites is 3. The number of nitrogens with zero attached hydrogens (tertiary/aromatic N) is 1. The van der Waals surface area contributed by atoms with E-state index in [9.17, 15) is 0 Å². The smallest absolute Gasteiger partial charge is 0.143 e. The highest BCUT2D eigenvalue weighted by atomic mass is 16.3. The summed E-state index contributed by atoms with van der Waals surface area (Å²) in [6.07, 6.45) is 0. The Balaban J connectivity index is 1.05. The number of fused-ring (bicyclic) bond motifs is 5. The molecule has 0 bridgehead atoms. The normalized spacial score (nSPS) is 11.5. The van der Waals surface area contributed by atoms with Crippen molar-refractivity contribution in [2.45, 2.75) is 0 Å². The molecule has 1 heterocycles. The molecule has 0 atom stereocenters. The quantitative estimate of drug-likeness (QED) is 0.176. The van der Waals surface area contributed by atoms with Gasteiger partial charge in [-0.2, -0.15) is 0 Å². The lowest BCUT2D eigenvalue weighted by Gasteiger charge is -2.27. The Hall–Kier alpha value is -6.90. The summed E-state index contributed by atoms with van der Waals surface area (Å²) in [5.74, 6) is 0. The van der Waals surface area contributed by atoms with Gasteiger partial charge >= 0.3 is 0 Å². The average Bonchev–Trinajstić information content (AvgIpc) is 3.61. The first kappa shape index (κ1) is 30.0. The van der Waals surface area contributed by atoms with Crippen molar-refractivity contribution in [2.24, 2.45) is 0 Å². The third-order valence-electron chi connectivity index (χ3n) is 10.3. The molecule has 0 radical (unpaired) electrons. The molecule has 2 nitrogen and oxygen atoms in total. The monoisotopic (exact) mass is 663 g/mol. The maximum Gasteiger partial charge on any atom is 0.143 e. The Bertz CT molecular complexity index is 2890.